The number of rotatable bonds is 8. The van der Waals surface area contributed by atoms with Gasteiger partial charge in [0.05, 0.1) is 12.8 Å². The van der Waals surface area contributed by atoms with Crippen molar-refractivity contribution in [2.24, 2.45) is 0 Å². The van der Waals surface area contributed by atoms with Crippen LogP contribution < -0.4 is 5.32 Å². The van der Waals surface area contributed by atoms with Gasteiger partial charge in [-0.05, 0) is 44.4 Å². The summed E-state index contributed by atoms with van der Waals surface area (Å²) in [6.07, 6.45) is 2.94. The first-order chi connectivity index (χ1) is 9.72. The Hall–Kier alpha value is -1.10. The maximum atomic E-state index is 5.60. The van der Waals surface area contributed by atoms with E-state index in [0.29, 0.717) is 6.04 Å². The number of thiophene rings is 1. The van der Waals surface area contributed by atoms with Crippen molar-refractivity contribution in [3.05, 3.63) is 46.0 Å². The minimum Gasteiger partial charge on any atom is -0.468 e. The van der Waals surface area contributed by atoms with Crippen molar-refractivity contribution < 1.29 is 4.42 Å². The summed E-state index contributed by atoms with van der Waals surface area (Å²) in [5.74, 6) is 1.06. The predicted molar refractivity (Wildman–Crippen MR) is 84.9 cm³/mol. The third-order valence-corrected chi connectivity index (χ3v) is 4.63. The Morgan fingerprint density at radius 2 is 2.25 bits per heavy atom. The van der Waals surface area contributed by atoms with Crippen molar-refractivity contribution in [2.75, 3.05) is 13.6 Å². The first-order valence-corrected chi connectivity index (χ1v) is 8.10. The molecule has 1 N–H and O–H groups in total. The summed E-state index contributed by atoms with van der Waals surface area (Å²) in [4.78, 5) is 3.77. The van der Waals surface area contributed by atoms with Crippen molar-refractivity contribution in [1.82, 2.24) is 10.2 Å². The van der Waals surface area contributed by atoms with Crippen LogP contribution in [0, 0.1) is 0 Å². The molecule has 1 atom stereocenters. The molecule has 0 amide bonds. The van der Waals surface area contributed by atoms with E-state index in [-0.39, 0.29) is 0 Å². The van der Waals surface area contributed by atoms with E-state index in [1.54, 1.807) is 6.26 Å². The van der Waals surface area contributed by atoms with Gasteiger partial charge in [-0.3, -0.25) is 4.90 Å². The van der Waals surface area contributed by atoms with E-state index in [0.717, 1.165) is 31.8 Å². The number of nitrogens with one attached hydrogen (secondary N) is 1. The molecule has 0 radical (unpaired) electrons. The first-order valence-electron chi connectivity index (χ1n) is 7.22. The molecule has 0 aromatic carbocycles. The fraction of sp³-hybridized carbons (Fsp3) is 0.500. The largest absolute Gasteiger partial charge is 0.468 e. The highest BCUT2D eigenvalue weighted by molar-refractivity contribution is 7.10. The molecule has 2 heterocycles. The van der Waals surface area contributed by atoms with Gasteiger partial charge in [-0.25, -0.2) is 0 Å². The molecular weight excluding hydrogens is 268 g/mol. The minimum atomic E-state index is 0.432. The minimum absolute atomic E-state index is 0.432. The summed E-state index contributed by atoms with van der Waals surface area (Å²) in [6.45, 7) is 7.19. The van der Waals surface area contributed by atoms with E-state index >= 15 is 0 Å². The molecule has 1 unspecified atom stereocenters. The van der Waals surface area contributed by atoms with Crippen molar-refractivity contribution >= 4 is 11.3 Å². The molecular formula is C16H24N2OS. The monoisotopic (exact) mass is 292 g/mol. The average molecular weight is 292 g/mol. The summed E-state index contributed by atoms with van der Waals surface area (Å²) in [5.41, 5.74) is 1.28. The lowest BCUT2D eigenvalue weighted by molar-refractivity contribution is 0.254. The second-order valence-electron chi connectivity index (χ2n) is 5.15. The Morgan fingerprint density at radius 3 is 2.95 bits per heavy atom. The smallest absolute Gasteiger partial charge is 0.122 e. The van der Waals surface area contributed by atoms with E-state index in [4.69, 9.17) is 4.42 Å². The normalized spacial score (nSPS) is 13.0. The van der Waals surface area contributed by atoms with Crippen LogP contribution in [0.15, 0.2) is 34.3 Å². The highest BCUT2D eigenvalue weighted by Gasteiger charge is 2.15. The van der Waals surface area contributed by atoms with Crippen molar-refractivity contribution in [1.29, 1.82) is 0 Å². The predicted octanol–water partition coefficient (Wildman–Crippen LogP) is 4.03. The van der Waals surface area contributed by atoms with E-state index in [1.807, 2.05) is 11.3 Å². The maximum Gasteiger partial charge on any atom is 0.122 e. The van der Waals surface area contributed by atoms with Gasteiger partial charge in [-0.15, -0.1) is 11.3 Å². The van der Waals surface area contributed by atoms with Crippen molar-refractivity contribution in [2.45, 2.75) is 39.4 Å². The molecule has 0 saturated carbocycles. The van der Waals surface area contributed by atoms with Crippen molar-refractivity contribution in [3.63, 3.8) is 0 Å². The highest BCUT2D eigenvalue weighted by Crippen LogP contribution is 2.25. The van der Waals surface area contributed by atoms with Crippen LogP contribution in [-0.4, -0.2) is 18.5 Å². The van der Waals surface area contributed by atoms with Gasteiger partial charge in [-0.2, -0.15) is 0 Å². The summed E-state index contributed by atoms with van der Waals surface area (Å²) in [5, 5.41) is 5.53. The Kier molecular flexibility index (Phi) is 5.83. The molecule has 0 saturated heterocycles. The first kappa shape index (κ1) is 15.3. The molecule has 3 nitrogen and oxygen atoms in total. The molecule has 0 aliphatic heterocycles. The van der Waals surface area contributed by atoms with E-state index in [9.17, 15) is 0 Å². The Bertz CT molecular complexity index is 492. The Labute approximate surface area is 125 Å². The fourth-order valence-corrected chi connectivity index (χ4v) is 3.04. The molecule has 0 bridgehead atoms. The summed E-state index contributed by atoms with van der Waals surface area (Å²) in [6, 6.07) is 6.83. The van der Waals surface area contributed by atoms with Gasteiger partial charge in [0.2, 0.25) is 0 Å². The van der Waals surface area contributed by atoms with Gasteiger partial charge in [0, 0.05) is 23.0 Å². The average Bonchev–Trinajstić information content (AvgIpc) is 3.10. The number of nitrogens with zero attached hydrogens (tertiary/aromatic N) is 1. The SMILES string of the molecule is CCCNCc1occc1CN(C)C(C)c1cccs1. The van der Waals surface area contributed by atoms with E-state index in [2.05, 4.69) is 54.7 Å². The zero-order valence-electron chi connectivity index (χ0n) is 12.6. The summed E-state index contributed by atoms with van der Waals surface area (Å²) in [7, 11) is 2.17. The van der Waals surface area contributed by atoms with Gasteiger partial charge in [0.15, 0.2) is 0 Å². The molecule has 0 fully saturated rings. The van der Waals surface area contributed by atoms with Crippen LogP contribution in [-0.2, 0) is 13.1 Å². The standard InChI is InChI=1S/C16H24N2OS/c1-4-8-17-11-15-14(7-9-19-15)12-18(3)13(2)16-6-5-10-20-16/h5-7,9-10,13,17H,4,8,11-12H2,1-3H3. The van der Waals surface area contributed by atoms with Crippen LogP contribution in [0.3, 0.4) is 0 Å². The van der Waals surface area contributed by atoms with Crippen LogP contribution in [0.4, 0.5) is 0 Å². The second-order valence-corrected chi connectivity index (χ2v) is 6.13. The number of furan rings is 1. The highest BCUT2D eigenvalue weighted by atomic mass is 32.1. The third-order valence-electron chi connectivity index (χ3n) is 3.59. The van der Waals surface area contributed by atoms with Crippen LogP contribution in [0.5, 0.6) is 0 Å². The van der Waals surface area contributed by atoms with Crippen molar-refractivity contribution in [3.8, 4) is 0 Å². The lowest BCUT2D eigenvalue weighted by Crippen LogP contribution is -2.22. The van der Waals surface area contributed by atoms with Crippen LogP contribution in [0.25, 0.3) is 0 Å². The topological polar surface area (TPSA) is 28.4 Å². The van der Waals surface area contributed by atoms with Gasteiger partial charge < -0.3 is 9.73 Å². The quantitative estimate of drug-likeness (QED) is 0.745. The third kappa shape index (κ3) is 3.95. The fourth-order valence-electron chi connectivity index (χ4n) is 2.19. The van der Waals surface area contributed by atoms with Crippen LogP contribution in [0.1, 0.15) is 42.5 Å². The molecule has 2 rings (SSSR count). The summed E-state index contributed by atoms with van der Waals surface area (Å²) >= 11 is 1.82. The van der Waals surface area contributed by atoms with E-state index < -0.39 is 0 Å². The Balaban J connectivity index is 1.94. The number of hydrogen-bond acceptors (Lipinski definition) is 4. The lowest BCUT2D eigenvalue weighted by atomic mass is 10.2. The zero-order chi connectivity index (χ0) is 14.4. The van der Waals surface area contributed by atoms with Gasteiger partial charge in [0.1, 0.15) is 5.76 Å². The molecule has 0 aliphatic rings. The van der Waals surface area contributed by atoms with Gasteiger partial charge in [-0.1, -0.05) is 13.0 Å². The Morgan fingerprint density at radius 1 is 1.40 bits per heavy atom. The molecule has 4 heteroatoms. The second kappa shape index (κ2) is 7.62. The van der Waals surface area contributed by atoms with Crippen LogP contribution >= 0.6 is 11.3 Å². The molecule has 20 heavy (non-hydrogen) atoms. The van der Waals surface area contributed by atoms with E-state index in [1.165, 1.54) is 10.4 Å². The number of hydrogen-bond donors (Lipinski definition) is 1. The van der Waals surface area contributed by atoms with Gasteiger partial charge >= 0.3 is 0 Å². The molecule has 0 spiro atoms. The molecule has 0 aliphatic carbocycles. The zero-order valence-corrected chi connectivity index (χ0v) is 13.4. The molecule has 2 aromatic rings. The lowest BCUT2D eigenvalue weighted by Gasteiger charge is -2.23. The van der Waals surface area contributed by atoms with Gasteiger partial charge in [0.25, 0.3) is 0 Å². The van der Waals surface area contributed by atoms with Crippen LogP contribution in [0.2, 0.25) is 0 Å². The molecule has 2 aromatic heterocycles. The maximum absolute atomic E-state index is 5.60. The molecule has 110 valence electrons. The summed E-state index contributed by atoms with van der Waals surface area (Å²) < 4.78 is 5.60.